The molecule has 5 heteroatoms. The Morgan fingerprint density at radius 2 is 2.00 bits per heavy atom. The number of carbonyl (C=O) groups excluding carboxylic acids is 1. The summed E-state index contributed by atoms with van der Waals surface area (Å²) in [6.45, 7) is 6.67. The van der Waals surface area contributed by atoms with Gasteiger partial charge >= 0.3 is 6.03 Å². The molecule has 1 saturated carbocycles. The number of hydrogen-bond acceptors (Lipinski definition) is 3. The number of aliphatic hydroxyl groups is 2. The van der Waals surface area contributed by atoms with Gasteiger partial charge in [0, 0.05) is 20.1 Å². The van der Waals surface area contributed by atoms with Crippen molar-refractivity contribution in [1.82, 2.24) is 10.2 Å². The molecule has 112 valence electrons. The SMILES string of the molecule is CC(O)CC(C)(C)CNC(=O)N(C)CC(O)C1CC1. The van der Waals surface area contributed by atoms with Crippen LogP contribution in [0.1, 0.15) is 40.0 Å². The lowest BCUT2D eigenvalue weighted by molar-refractivity contribution is 0.109. The minimum Gasteiger partial charge on any atom is -0.393 e. The van der Waals surface area contributed by atoms with E-state index in [1.165, 1.54) is 4.90 Å². The summed E-state index contributed by atoms with van der Waals surface area (Å²) in [7, 11) is 1.70. The monoisotopic (exact) mass is 272 g/mol. The Kier molecular flexibility index (Phi) is 5.62. The number of urea groups is 1. The highest BCUT2D eigenvalue weighted by Gasteiger charge is 2.31. The van der Waals surface area contributed by atoms with Crippen LogP contribution in [-0.2, 0) is 0 Å². The molecule has 5 nitrogen and oxygen atoms in total. The van der Waals surface area contributed by atoms with Crippen molar-refractivity contribution in [2.45, 2.75) is 52.2 Å². The van der Waals surface area contributed by atoms with Gasteiger partial charge in [-0.15, -0.1) is 0 Å². The zero-order valence-corrected chi connectivity index (χ0v) is 12.5. The first-order chi connectivity index (χ1) is 8.71. The van der Waals surface area contributed by atoms with E-state index in [4.69, 9.17) is 0 Å². The Morgan fingerprint density at radius 3 is 2.47 bits per heavy atom. The molecule has 2 atom stereocenters. The van der Waals surface area contributed by atoms with Gasteiger partial charge in [0.1, 0.15) is 0 Å². The lowest BCUT2D eigenvalue weighted by Gasteiger charge is -2.28. The molecule has 2 amide bonds. The van der Waals surface area contributed by atoms with Crippen LogP contribution >= 0.6 is 0 Å². The van der Waals surface area contributed by atoms with Gasteiger partial charge in [0.25, 0.3) is 0 Å². The average molecular weight is 272 g/mol. The van der Waals surface area contributed by atoms with Crippen molar-refractivity contribution in [2.75, 3.05) is 20.1 Å². The van der Waals surface area contributed by atoms with E-state index in [1.54, 1.807) is 14.0 Å². The van der Waals surface area contributed by atoms with Crippen LogP contribution in [0.2, 0.25) is 0 Å². The number of carbonyl (C=O) groups is 1. The maximum atomic E-state index is 11.9. The van der Waals surface area contributed by atoms with Crippen LogP contribution in [0.5, 0.6) is 0 Å². The molecule has 0 heterocycles. The smallest absolute Gasteiger partial charge is 0.317 e. The van der Waals surface area contributed by atoms with Crippen LogP contribution in [-0.4, -0.2) is 53.5 Å². The third-order valence-electron chi connectivity index (χ3n) is 3.54. The third kappa shape index (κ3) is 6.25. The number of likely N-dealkylation sites (N-methyl/N-ethyl adjacent to an activating group) is 1. The van der Waals surface area contributed by atoms with E-state index < -0.39 is 6.10 Å². The average Bonchev–Trinajstić information content (AvgIpc) is 3.07. The molecule has 0 aromatic rings. The van der Waals surface area contributed by atoms with Gasteiger partial charge in [0.2, 0.25) is 0 Å². The zero-order valence-electron chi connectivity index (χ0n) is 12.5. The number of nitrogens with zero attached hydrogens (tertiary/aromatic N) is 1. The minimum atomic E-state index is -0.402. The molecule has 0 bridgehead atoms. The first-order valence-corrected chi connectivity index (χ1v) is 7.06. The predicted octanol–water partition coefficient (Wildman–Crippen LogP) is 1.20. The molecule has 0 aromatic carbocycles. The maximum absolute atomic E-state index is 11.9. The van der Waals surface area contributed by atoms with Crippen molar-refractivity contribution in [1.29, 1.82) is 0 Å². The topological polar surface area (TPSA) is 72.8 Å². The van der Waals surface area contributed by atoms with Gasteiger partial charge in [-0.2, -0.15) is 0 Å². The Balaban J connectivity index is 2.29. The summed E-state index contributed by atoms with van der Waals surface area (Å²) < 4.78 is 0. The van der Waals surface area contributed by atoms with Gasteiger partial charge in [-0.05, 0) is 37.5 Å². The zero-order chi connectivity index (χ0) is 14.6. The largest absolute Gasteiger partial charge is 0.393 e. The standard InChI is InChI=1S/C14H28N2O3/c1-10(17)7-14(2,3)9-15-13(19)16(4)8-12(18)11-5-6-11/h10-12,17-18H,5-9H2,1-4H3,(H,15,19). The van der Waals surface area contributed by atoms with Crippen molar-refractivity contribution >= 4 is 6.03 Å². The fraction of sp³-hybridized carbons (Fsp3) is 0.929. The van der Waals surface area contributed by atoms with E-state index in [1.807, 2.05) is 13.8 Å². The van der Waals surface area contributed by atoms with E-state index in [0.29, 0.717) is 25.4 Å². The van der Waals surface area contributed by atoms with E-state index in [9.17, 15) is 15.0 Å². The molecular formula is C14H28N2O3. The van der Waals surface area contributed by atoms with Crippen molar-refractivity contribution in [3.05, 3.63) is 0 Å². The predicted molar refractivity (Wildman–Crippen MR) is 74.8 cm³/mol. The van der Waals surface area contributed by atoms with Gasteiger partial charge in [-0.25, -0.2) is 4.79 Å². The second kappa shape index (κ2) is 6.57. The summed E-state index contributed by atoms with van der Waals surface area (Å²) in [5.74, 6) is 0.377. The number of nitrogens with one attached hydrogen (secondary N) is 1. The van der Waals surface area contributed by atoms with Crippen molar-refractivity contribution in [3.63, 3.8) is 0 Å². The van der Waals surface area contributed by atoms with E-state index in [0.717, 1.165) is 12.8 Å². The molecule has 1 fully saturated rings. The van der Waals surface area contributed by atoms with Crippen LogP contribution in [0.3, 0.4) is 0 Å². The summed E-state index contributed by atoms with van der Waals surface area (Å²) in [4.78, 5) is 13.4. The summed E-state index contributed by atoms with van der Waals surface area (Å²) >= 11 is 0. The Morgan fingerprint density at radius 1 is 1.42 bits per heavy atom. The Labute approximate surface area is 116 Å². The Bertz CT molecular complexity index is 301. The summed E-state index contributed by atoms with van der Waals surface area (Å²) in [6.07, 6.45) is 2.00. The fourth-order valence-corrected chi connectivity index (χ4v) is 2.32. The van der Waals surface area contributed by atoms with Crippen LogP contribution in [0.25, 0.3) is 0 Å². The third-order valence-corrected chi connectivity index (χ3v) is 3.54. The molecular weight excluding hydrogens is 244 g/mol. The highest BCUT2D eigenvalue weighted by molar-refractivity contribution is 5.73. The van der Waals surface area contributed by atoms with Gasteiger partial charge in [-0.1, -0.05) is 13.8 Å². The Hall–Kier alpha value is -0.810. The number of hydrogen-bond donors (Lipinski definition) is 3. The first-order valence-electron chi connectivity index (χ1n) is 7.06. The maximum Gasteiger partial charge on any atom is 0.317 e. The van der Waals surface area contributed by atoms with Crippen LogP contribution in [0, 0.1) is 11.3 Å². The normalized spacial score (nSPS) is 18.8. The molecule has 0 radical (unpaired) electrons. The molecule has 0 saturated heterocycles. The summed E-state index contributed by atoms with van der Waals surface area (Å²) in [5, 5.41) is 22.1. The lowest BCUT2D eigenvalue weighted by Crippen LogP contribution is -2.45. The fourth-order valence-electron chi connectivity index (χ4n) is 2.32. The summed E-state index contributed by atoms with van der Waals surface area (Å²) in [6, 6.07) is -0.168. The van der Waals surface area contributed by atoms with Crippen LogP contribution in [0.4, 0.5) is 4.79 Å². The van der Waals surface area contributed by atoms with Crippen molar-refractivity contribution in [3.8, 4) is 0 Å². The molecule has 1 aliphatic rings. The van der Waals surface area contributed by atoms with Crippen molar-refractivity contribution < 1.29 is 15.0 Å². The summed E-state index contributed by atoms with van der Waals surface area (Å²) in [5.41, 5.74) is -0.139. The molecule has 2 unspecified atom stereocenters. The van der Waals surface area contributed by atoms with Crippen LogP contribution in [0.15, 0.2) is 0 Å². The van der Waals surface area contributed by atoms with Gasteiger partial charge in [0.05, 0.1) is 12.2 Å². The molecule has 1 aliphatic carbocycles. The van der Waals surface area contributed by atoms with E-state index >= 15 is 0 Å². The molecule has 19 heavy (non-hydrogen) atoms. The lowest BCUT2D eigenvalue weighted by atomic mass is 9.87. The van der Waals surface area contributed by atoms with Gasteiger partial charge < -0.3 is 20.4 Å². The van der Waals surface area contributed by atoms with E-state index in [-0.39, 0.29) is 17.6 Å². The molecule has 3 N–H and O–H groups in total. The quantitative estimate of drug-likeness (QED) is 0.652. The molecule has 0 spiro atoms. The second-order valence-electron chi connectivity index (χ2n) is 6.66. The first kappa shape index (κ1) is 16.2. The molecule has 0 aromatic heterocycles. The highest BCUT2D eigenvalue weighted by atomic mass is 16.3. The number of aliphatic hydroxyl groups excluding tert-OH is 2. The minimum absolute atomic E-state index is 0.139. The van der Waals surface area contributed by atoms with Gasteiger partial charge in [0.15, 0.2) is 0 Å². The second-order valence-corrected chi connectivity index (χ2v) is 6.66. The van der Waals surface area contributed by atoms with Gasteiger partial charge in [-0.3, -0.25) is 0 Å². The van der Waals surface area contributed by atoms with Crippen molar-refractivity contribution in [2.24, 2.45) is 11.3 Å². The van der Waals surface area contributed by atoms with Crippen LogP contribution < -0.4 is 5.32 Å². The molecule has 1 rings (SSSR count). The number of rotatable bonds is 7. The highest BCUT2D eigenvalue weighted by Crippen LogP contribution is 2.32. The van der Waals surface area contributed by atoms with E-state index in [2.05, 4.69) is 5.32 Å². The number of amides is 2. The molecule has 0 aliphatic heterocycles.